The molecule has 0 bridgehead atoms. The van der Waals surface area contributed by atoms with Crippen LogP contribution >= 0.6 is 0 Å². The van der Waals surface area contributed by atoms with Gasteiger partial charge in [-0.2, -0.15) is 0 Å². The lowest BCUT2D eigenvalue weighted by molar-refractivity contribution is 0.448. The molecule has 346 valence electrons. The van der Waals surface area contributed by atoms with Crippen molar-refractivity contribution in [2.45, 2.75) is 164 Å². The van der Waals surface area contributed by atoms with Crippen LogP contribution in [0.1, 0.15) is 158 Å². The van der Waals surface area contributed by atoms with Crippen molar-refractivity contribution >= 4 is 74.8 Å². The maximum atomic E-state index is 7.53. The van der Waals surface area contributed by atoms with E-state index < -0.39 is 8.07 Å². The average molecular weight is 906 g/mol. The van der Waals surface area contributed by atoms with Crippen molar-refractivity contribution in [2.75, 3.05) is 14.7 Å². The lowest BCUT2D eigenvalue weighted by Crippen LogP contribution is -2.74. The smallest absolute Gasteiger partial charge is 0.162 e. The van der Waals surface area contributed by atoms with Gasteiger partial charge in [-0.05, 0) is 121 Å². The summed E-state index contributed by atoms with van der Waals surface area (Å²) in [6, 6.07) is 33.6. The maximum absolute atomic E-state index is 7.53. The van der Waals surface area contributed by atoms with E-state index in [0.29, 0.717) is 0 Å². The number of hydrogen-bond donors (Lipinski definition) is 0. The fourth-order valence-corrected chi connectivity index (χ4v) is 16.6. The van der Waals surface area contributed by atoms with Crippen LogP contribution in [-0.2, 0) is 32.5 Å². The number of anilines is 9. The Morgan fingerprint density at radius 2 is 0.701 bits per heavy atom. The minimum atomic E-state index is -2.99. The van der Waals surface area contributed by atoms with E-state index in [9.17, 15) is 0 Å². The van der Waals surface area contributed by atoms with Gasteiger partial charge in [-0.1, -0.05) is 155 Å². The van der Waals surface area contributed by atoms with Crippen LogP contribution in [0.5, 0.6) is 23.0 Å². The summed E-state index contributed by atoms with van der Waals surface area (Å²) >= 11 is 0. The molecule has 0 atom stereocenters. The maximum Gasteiger partial charge on any atom is 0.162 e. The van der Waals surface area contributed by atoms with Gasteiger partial charge in [-0.15, -0.1) is 0 Å². The standard InChI is InChI=1S/C61H71N3O2Si/c1-56(2,3)34-20-24-38(25-21-34)62-45-32-39(60(13,14)15)51-49-54(45)67(19)53-43(63(49)41-26-22-35(57(4,5)6)30-47(41)65-51)28-37(59(10,11)12)29-44(53)64-42-27-23-36(58(7,8)9)31-48(42)66-52-40(61(16,17)18)33-46(62)55(67)50(52)64/h20-33H,1-19H3. The molecule has 0 aromatic heterocycles. The minimum Gasteiger partial charge on any atom is -0.453 e. The van der Waals surface area contributed by atoms with E-state index in [4.69, 9.17) is 9.47 Å². The number of hydrogen-bond acceptors (Lipinski definition) is 5. The molecule has 0 saturated heterocycles. The monoisotopic (exact) mass is 906 g/mol. The Bertz CT molecular complexity index is 2980. The van der Waals surface area contributed by atoms with Gasteiger partial charge in [0.05, 0.1) is 22.7 Å². The molecule has 5 heterocycles. The second kappa shape index (κ2) is 13.2. The summed E-state index contributed by atoms with van der Waals surface area (Å²) in [5.41, 5.74) is 17.7. The second-order valence-corrected chi connectivity index (χ2v) is 30.4. The van der Waals surface area contributed by atoms with Gasteiger partial charge < -0.3 is 24.2 Å². The highest BCUT2D eigenvalue weighted by Gasteiger charge is 2.60. The molecule has 0 N–H and O–H groups in total. The van der Waals surface area contributed by atoms with Crippen molar-refractivity contribution in [1.29, 1.82) is 0 Å². The summed E-state index contributed by atoms with van der Waals surface area (Å²) in [6.45, 7) is 44.6. The molecule has 0 radical (unpaired) electrons. The Kier molecular flexibility index (Phi) is 8.68. The Labute approximate surface area is 402 Å². The van der Waals surface area contributed by atoms with Gasteiger partial charge in [-0.3, -0.25) is 0 Å². The van der Waals surface area contributed by atoms with Gasteiger partial charge in [0.1, 0.15) is 0 Å². The molecule has 0 spiro atoms. The van der Waals surface area contributed by atoms with E-state index >= 15 is 0 Å². The molecule has 0 amide bonds. The van der Waals surface area contributed by atoms with Gasteiger partial charge in [-0.25, -0.2) is 0 Å². The Hall–Kier alpha value is -5.46. The van der Waals surface area contributed by atoms with Gasteiger partial charge >= 0.3 is 0 Å². The van der Waals surface area contributed by atoms with Crippen molar-refractivity contribution in [3.63, 3.8) is 0 Å². The van der Waals surface area contributed by atoms with E-state index in [2.05, 4.69) is 231 Å². The highest BCUT2D eigenvalue weighted by molar-refractivity contribution is 7.16. The third-order valence-electron chi connectivity index (χ3n) is 15.5. The van der Waals surface area contributed by atoms with E-state index in [1.165, 1.54) is 83.1 Å². The first kappa shape index (κ1) is 44.1. The van der Waals surface area contributed by atoms with Crippen molar-refractivity contribution in [1.82, 2.24) is 0 Å². The molecule has 0 unspecified atom stereocenters. The zero-order chi connectivity index (χ0) is 48.2. The van der Waals surface area contributed by atoms with Gasteiger partial charge in [0.25, 0.3) is 0 Å². The quantitative estimate of drug-likeness (QED) is 0.153. The Morgan fingerprint density at radius 3 is 1.06 bits per heavy atom. The molecule has 5 nitrogen and oxygen atoms in total. The van der Waals surface area contributed by atoms with Gasteiger partial charge in [0.15, 0.2) is 31.1 Å². The van der Waals surface area contributed by atoms with Crippen LogP contribution in [-0.4, -0.2) is 8.07 Å². The number of benzene rings is 6. The SMILES string of the molecule is CC(C)(C)c1ccc(N2c3cc(C(C)(C)C)c4c5c3[Si]3(C)c6c(cc(C(C)(C)C)cc6N6c7ccc(C(C)(C)C)cc7Oc7c(C(C)(C)C)cc2c3c76)N5c2ccc(C(C)(C)C)cc2O4)cc1. The fraction of sp³-hybridized carbons (Fsp3) is 0.410. The van der Waals surface area contributed by atoms with Crippen LogP contribution in [0.4, 0.5) is 51.2 Å². The fourth-order valence-electron chi connectivity index (χ4n) is 11.6. The molecule has 0 aliphatic carbocycles. The third-order valence-corrected chi connectivity index (χ3v) is 20.0. The van der Waals surface area contributed by atoms with Gasteiger partial charge in [0.2, 0.25) is 0 Å². The molecule has 6 heteroatoms. The molecular formula is C61H71N3O2Si. The van der Waals surface area contributed by atoms with Crippen LogP contribution in [0.25, 0.3) is 0 Å². The minimum absolute atomic E-state index is 0.0164. The van der Waals surface area contributed by atoms with Gasteiger partial charge in [0, 0.05) is 49.9 Å². The molecule has 11 rings (SSSR count). The van der Waals surface area contributed by atoms with Crippen LogP contribution in [0, 0.1) is 0 Å². The summed E-state index contributed by atoms with van der Waals surface area (Å²) < 4.78 is 15.1. The molecule has 67 heavy (non-hydrogen) atoms. The topological polar surface area (TPSA) is 28.2 Å². The van der Waals surface area contributed by atoms with Crippen molar-refractivity contribution in [3.05, 3.63) is 118 Å². The lowest BCUT2D eigenvalue weighted by atomic mass is 9.82. The largest absolute Gasteiger partial charge is 0.453 e. The Balaban J connectivity index is 1.37. The first-order valence-corrected chi connectivity index (χ1v) is 27.2. The highest BCUT2D eigenvalue weighted by atomic mass is 28.3. The molecule has 6 aromatic carbocycles. The zero-order valence-electron chi connectivity index (χ0n) is 43.7. The summed E-state index contributed by atoms with van der Waals surface area (Å²) in [5, 5.41) is 4.27. The Morgan fingerprint density at radius 1 is 0.343 bits per heavy atom. The molecule has 5 aliphatic heterocycles. The molecule has 0 fully saturated rings. The number of nitrogens with zero attached hydrogens (tertiary/aromatic N) is 3. The molecular weight excluding hydrogens is 835 g/mol. The van der Waals surface area contributed by atoms with Crippen molar-refractivity contribution < 1.29 is 9.47 Å². The highest BCUT2D eigenvalue weighted by Crippen LogP contribution is 2.64. The molecule has 0 saturated carbocycles. The normalized spacial score (nSPS) is 16.3. The van der Waals surface area contributed by atoms with E-state index in [0.717, 1.165) is 40.1 Å². The van der Waals surface area contributed by atoms with Crippen LogP contribution in [0.15, 0.2) is 84.9 Å². The van der Waals surface area contributed by atoms with E-state index in [-0.39, 0.29) is 32.5 Å². The first-order valence-electron chi connectivity index (χ1n) is 24.7. The molecule has 6 aromatic rings. The third kappa shape index (κ3) is 6.09. The number of fused-ring (bicyclic) bond motifs is 6. The average Bonchev–Trinajstić information content (AvgIpc) is 3.21. The molecule has 5 aliphatic rings. The number of ether oxygens (including phenoxy) is 2. The second-order valence-electron chi connectivity index (χ2n) is 26.6. The first-order chi connectivity index (χ1) is 30.9. The zero-order valence-corrected chi connectivity index (χ0v) is 44.7. The summed E-state index contributed by atoms with van der Waals surface area (Å²) in [4.78, 5) is 7.91. The van der Waals surface area contributed by atoms with Crippen molar-refractivity contribution in [3.8, 4) is 23.0 Å². The van der Waals surface area contributed by atoms with Crippen LogP contribution in [0.3, 0.4) is 0 Å². The van der Waals surface area contributed by atoms with Crippen LogP contribution in [0.2, 0.25) is 6.55 Å². The van der Waals surface area contributed by atoms with Crippen LogP contribution < -0.4 is 39.7 Å². The van der Waals surface area contributed by atoms with E-state index in [1.807, 2.05) is 0 Å². The predicted octanol–water partition coefficient (Wildman–Crippen LogP) is 16.1. The summed E-state index contributed by atoms with van der Waals surface area (Å²) in [6.07, 6.45) is 0. The lowest BCUT2D eigenvalue weighted by Gasteiger charge is -2.57. The summed E-state index contributed by atoms with van der Waals surface area (Å²) in [7, 11) is -2.99. The van der Waals surface area contributed by atoms with E-state index in [1.54, 1.807) is 0 Å². The predicted molar refractivity (Wildman–Crippen MR) is 287 cm³/mol. The van der Waals surface area contributed by atoms with Crippen molar-refractivity contribution in [2.24, 2.45) is 0 Å². The summed E-state index contributed by atoms with van der Waals surface area (Å²) in [5.74, 6) is 3.79. The number of rotatable bonds is 1.